The quantitative estimate of drug-likeness (QED) is 0.616. The van der Waals surface area contributed by atoms with Crippen molar-refractivity contribution in [2.45, 2.75) is 12.8 Å². The Kier molecular flexibility index (Phi) is 3.55. The zero-order valence-electron chi connectivity index (χ0n) is 11.3. The topological polar surface area (TPSA) is 17.1 Å². The second-order valence-electron chi connectivity index (χ2n) is 5.36. The highest BCUT2D eigenvalue weighted by molar-refractivity contribution is 6.33. The fourth-order valence-corrected chi connectivity index (χ4v) is 2.77. The van der Waals surface area contributed by atoms with Gasteiger partial charge in [0.15, 0.2) is 29.1 Å². The maximum atomic E-state index is 13.3. The minimum atomic E-state index is -1.08. The van der Waals surface area contributed by atoms with Crippen LogP contribution >= 0.6 is 0 Å². The van der Waals surface area contributed by atoms with E-state index in [0.717, 1.165) is 24.3 Å². The molecule has 2 aromatic carbocycles. The number of ketones is 1. The average Bonchev–Trinajstić information content (AvgIpc) is 2.73. The van der Waals surface area contributed by atoms with Crippen molar-refractivity contribution >= 4 is 19.1 Å². The van der Waals surface area contributed by atoms with E-state index in [2.05, 4.69) is 0 Å². The van der Waals surface area contributed by atoms with Gasteiger partial charge in [-0.25, -0.2) is 17.6 Å². The van der Waals surface area contributed by atoms with Crippen LogP contribution < -0.4 is 5.46 Å². The lowest BCUT2D eigenvalue weighted by Crippen LogP contribution is -2.19. The van der Waals surface area contributed by atoms with Crippen LogP contribution in [0.1, 0.15) is 21.5 Å². The number of benzene rings is 2. The van der Waals surface area contributed by atoms with E-state index in [9.17, 15) is 22.4 Å². The third-order valence-electron chi connectivity index (χ3n) is 3.90. The van der Waals surface area contributed by atoms with Crippen molar-refractivity contribution in [2.75, 3.05) is 0 Å². The molecule has 1 aliphatic carbocycles. The highest BCUT2D eigenvalue weighted by atomic mass is 19.2. The van der Waals surface area contributed by atoms with Gasteiger partial charge in [0.2, 0.25) is 0 Å². The molecule has 6 heteroatoms. The number of rotatable bonds is 2. The van der Waals surface area contributed by atoms with E-state index < -0.39 is 29.2 Å². The molecule has 1 nitrogen and oxygen atoms in total. The van der Waals surface area contributed by atoms with E-state index in [1.165, 1.54) is 0 Å². The Bertz CT molecular complexity index is 788. The number of halogens is 4. The van der Waals surface area contributed by atoms with Crippen LogP contribution in [0.3, 0.4) is 0 Å². The standard InChI is InChI=1S/C16H9BF4O/c17-11-6-15(21)13(19)4-8(11)2-9-1-7-3-12(18)14(20)5-10(7)16(9)22/h3-6,9H,1-2H2. The summed E-state index contributed by atoms with van der Waals surface area (Å²) in [6.45, 7) is 0. The van der Waals surface area contributed by atoms with E-state index in [1.54, 1.807) is 0 Å². The molecule has 1 aliphatic rings. The molecule has 1 unspecified atom stereocenters. The summed E-state index contributed by atoms with van der Waals surface area (Å²) in [6.07, 6.45) is 0.295. The number of hydrogen-bond acceptors (Lipinski definition) is 1. The summed E-state index contributed by atoms with van der Waals surface area (Å²) in [5.74, 6) is -5.16. The van der Waals surface area contributed by atoms with Crippen LogP contribution in [0.15, 0.2) is 24.3 Å². The van der Waals surface area contributed by atoms with Gasteiger partial charge >= 0.3 is 0 Å². The number of hydrogen-bond donors (Lipinski definition) is 0. The van der Waals surface area contributed by atoms with Gasteiger partial charge in [0.1, 0.15) is 7.85 Å². The highest BCUT2D eigenvalue weighted by Gasteiger charge is 2.32. The predicted octanol–water partition coefficient (Wildman–Crippen LogP) is 2.63. The van der Waals surface area contributed by atoms with Gasteiger partial charge in [0.05, 0.1) is 0 Å². The van der Waals surface area contributed by atoms with Crippen molar-refractivity contribution in [3.8, 4) is 0 Å². The Labute approximate surface area is 125 Å². The molecule has 22 heavy (non-hydrogen) atoms. The van der Waals surface area contributed by atoms with Crippen LogP contribution in [0.5, 0.6) is 0 Å². The summed E-state index contributed by atoms with van der Waals surface area (Å²) in [7, 11) is 5.63. The minimum Gasteiger partial charge on any atom is -0.294 e. The Morgan fingerprint density at radius 3 is 2.27 bits per heavy atom. The van der Waals surface area contributed by atoms with Crippen LogP contribution in [0.4, 0.5) is 17.6 Å². The molecule has 0 heterocycles. The van der Waals surface area contributed by atoms with Crippen molar-refractivity contribution in [1.29, 1.82) is 0 Å². The molecule has 0 saturated heterocycles. The van der Waals surface area contributed by atoms with Crippen molar-refractivity contribution in [3.63, 3.8) is 0 Å². The van der Waals surface area contributed by atoms with Crippen LogP contribution in [0, 0.1) is 29.2 Å². The lowest BCUT2D eigenvalue weighted by atomic mass is 9.84. The van der Waals surface area contributed by atoms with Crippen molar-refractivity contribution in [2.24, 2.45) is 5.92 Å². The van der Waals surface area contributed by atoms with E-state index >= 15 is 0 Å². The van der Waals surface area contributed by atoms with Gasteiger partial charge in [-0.05, 0) is 42.7 Å². The third kappa shape index (κ3) is 2.43. The van der Waals surface area contributed by atoms with E-state index in [4.69, 9.17) is 7.85 Å². The molecule has 0 aliphatic heterocycles. The second-order valence-corrected chi connectivity index (χ2v) is 5.36. The first-order valence-corrected chi connectivity index (χ1v) is 6.62. The van der Waals surface area contributed by atoms with Gasteiger partial charge in [-0.3, -0.25) is 4.79 Å². The molecule has 0 fully saturated rings. The molecule has 0 bridgehead atoms. The molecule has 0 aromatic heterocycles. The van der Waals surface area contributed by atoms with Gasteiger partial charge in [-0.15, -0.1) is 0 Å². The van der Waals surface area contributed by atoms with Gasteiger partial charge in [-0.2, -0.15) is 0 Å². The highest BCUT2D eigenvalue weighted by Crippen LogP contribution is 2.30. The summed E-state index contributed by atoms with van der Waals surface area (Å²) < 4.78 is 52.8. The van der Waals surface area contributed by atoms with Crippen molar-refractivity contribution < 1.29 is 22.4 Å². The lowest BCUT2D eigenvalue weighted by molar-refractivity contribution is 0.0936. The molecular formula is C16H9BF4O. The maximum absolute atomic E-state index is 13.3. The smallest absolute Gasteiger partial charge is 0.166 e. The normalized spacial score (nSPS) is 16.9. The molecule has 3 rings (SSSR count). The van der Waals surface area contributed by atoms with Gasteiger partial charge in [0.25, 0.3) is 0 Å². The number of Topliss-reactive ketones (excluding diaryl/α,β-unsaturated/α-hetero) is 1. The first-order valence-electron chi connectivity index (χ1n) is 6.62. The lowest BCUT2D eigenvalue weighted by Gasteiger charge is -2.11. The minimum absolute atomic E-state index is 0.0417. The molecule has 110 valence electrons. The second kappa shape index (κ2) is 5.27. The van der Waals surface area contributed by atoms with Crippen molar-refractivity contribution in [3.05, 3.63) is 64.2 Å². The van der Waals surface area contributed by atoms with Crippen LogP contribution in [-0.4, -0.2) is 13.6 Å². The molecule has 2 radical (unpaired) electrons. The Morgan fingerprint density at radius 1 is 0.955 bits per heavy atom. The summed E-state index contributed by atoms with van der Waals surface area (Å²) in [4.78, 5) is 12.2. The number of fused-ring (bicyclic) bond motifs is 1. The summed E-state index contributed by atoms with van der Waals surface area (Å²) in [6, 6.07) is 3.68. The third-order valence-corrected chi connectivity index (χ3v) is 3.90. The summed E-state index contributed by atoms with van der Waals surface area (Å²) in [5.41, 5.74) is 0.881. The van der Waals surface area contributed by atoms with E-state index in [1.807, 2.05) is 0 Å². The van der Waals surface area contributed by atoms with Gasteiger partial charge < -0.3 is 0 Å². The molecule has 0 amide bonds. The molecule has 0 spiro atoms. The van der Waals surface area contributed by atoms with Gasteiger partial charge in [0, 0.05) is 11.5 Å². The maximum Gasteiger partial charge on any atom is 0.166 e. The predicted molar refractivity (Wildman–Crippen MR) is 73.3 cm³/mol. The average molecular weight is 304 g/mol. The fourth-order valence-electron chi connectivity index (χ4n) is 2.77. The van der Waals surface area contributed by atoms with Crippen molar-refractivity contribution in [1.82, 2.24) is 0 Å². The largest absolute Gasteiger partial charge is 0.294 e. The molecule has 0 N–H and O–H groups in total. The Morgan fingerprint density at radius 2 is 1.55 bits per heavy atom. The Hall–Kier alpha value is -2.11. The number of carbonyl (C=O) groups excluding carboxylic acids is 1. The molecule has 0 saturated carbocycles. The Balaban J connectivity index is 1.90. The van der Waals surface area contributed by atoms with Crippen LogP contribution in [-0.2, 0) is 12.8 Å². The first kappa shape index (κ1) is 14.8. The fraction of sp³-hybridized carbons (Fsp3) is 0.188. The van der Waals surface area contributed by atoms with Crippen LogP contribution in [0.2, 0.25) is 0 Å². The zero-order chi connectivity index (χ0) is 16.0. The van der Waals surface area contributed by atoms with E-state index in [-0.39, 0.29) is 29.7 Å². The molecule has 2 aromatic rings. The summed E-state index contributed by atoms with van der Waals surface area (Å²) >= 11 is 0. The monoisotopic (exact) mass is 304 g/mol. The molecular weight excluding hydrogens is 295 g/mol. The SMILES string of the molecule is [B]c1cc(F)c(F)cc1CC1Cc2cc(F)c(F)cc2C1=O. The van der Waals surface area contributed by atoms with E-state index in [0.29, 0.717) is 11.1 Å². The van der Waals surface area contributed by atoms with Gasteiger partial charge in [-0.1, -0.05) is 11.0 Å². The van der Waals surface area contributed by atoms with Crippen LogP contribution in [0.25, 0.3) is 0 Å². The molecule has 1 atom stereocenters. The summed E-state index contributed by atoms with van der Waals surface area (Å²) in [5, 5.41) is 0. The zero-order valence-corrected chi connectivity index (χ0v) is 11.3. The number of carbonyl (C=O) groups is 1. The first-order chi connectivity index (χ1) is 10.4.